The average molecular weight is 536 g/mol. The van der Waals surface area contributed by atoms with Crippen molar-refractivity contribution < 1.29 is 18.0 Å². The summed E-state index contributed by atoms with van der Waals surface area (Å²) in [6, 6.07) is 25.9. The number of carbonyl (C=O) groups excluding carboxylic acids is 2. The third kappa shape index (κ3) is 8.18. The Balaban J connectivity index is 1.81. The van der Waals surface area contributed by atoms with Gasteiger partial charge < -0.3 is 10.2 Å². The molecule has 38 heavy (non-hydrogen) atoms. The maximum absolute atomic E-state index is 13.6. The predicted molar refractivity (Wildman–Crippen MR) is 152 cm³/mol. The summed E-state index contributed by atoms with van der Waals surface area (Å²) in [5.74, 6) is -0.444. The molecule has 2 amide bonds. The van der Waals surface area contributed by atoms with Gasteiger partial charge in [0.05, 0.1) is 11.9 Å². The summed E-state index contributed by atoms with van der Waals surface area (Å²) in [6.45, 7) is 2.48. The molecule has 0 bridgehead atoms. The Bertz CT molecular complexity index is 1280. The van der Waals surface area contributed by atoms with Crippen LogP contribution in [0.5, 0.6) is 0 Å². The van der Waals surface area contributed by atoms with Gasteiger partial charge in [-0.25, -0.2) is 8.42 Å². The van der Waals surface area contributed by atoms with Gasteiger partial charge in [-0.05, 0) is 41.7 Å². The van der Waals surface area contributed by atoms with Gasteiger partial charge in [0.1, 0.15) is 6.04 Å². The predicted octanol–water partition coefficient (Wildman–Crippen LogP) is 4.18. The van der Waals surface area contributed by atoms with Gasteiger partial charge in [0.15, 0.2) is 0 Å². The number of sulfonamides is 1. The number of likely N-dealkylation sites (N-methyl/N-ethyl adjacent to an activating group) is 1. The number of aryl methyl sites for hydroxylation is 1. The van der Waals surface area contributed by atoms with E-state index in [1.165, 1.54) is 10.6 Å². The first-order valence-electron chi connectivity index (χ1n) is 12.9. The van der Waals surface area contributed by atoms with Crippen LogP contribution in [0.3, 0.4) is 0 Å². The molecule has 202 valence electrons. The van der Waals surface area contributed by atoms with E-state index in [-0.39, 0.29) is 31.3 Å². The van der Waals surface area contributed by atoms with Crippen LogP contribution < -0.4 is 9.62 Å². The number of hydrogen-bond donors (Lipinski definition) is 1. The standard InChI is InChI=1S/C30H37N3O4S/c1-4-24-17-19-27(20-18-24)33(38(3,36)37)21-11-16-29(34)32(23-26-14-9-6-10-15-26)28(30(35)31-2)22-25-12-7-5-8-13-25/h5-10,12-15,17-20,28H,4,11,16,21-23H2,1-3H3,(H,31,35)/t28-/m1/s1. The highest BCUT2D eigenvalue weighted by atomic mass is 32.2. The number of anilines is 1. The lowest BCUT2D eigenvalue weighted by atomic mass is 10.0. The van der Waals surface area contributed by atoms with Crippen LogP contribution >= 0.6 is 0 Å². The second kappa shape index (κ2) is 13.8. The van der Waals surface area contributed by atoms with Gasteiger partial charge in [-0.1, -0.05) is 79.7 Å². The molecule has 8 heteroatoms. The molecule has 0 saturated carbocycles. The molecule has 7 nitrogen and oxygen atoms in total. The first-order chi connectivity index (χ1) is 18.2. The molecule has 0 aliphatic carbocycles. The Labute approximate surface area is 226 Å². The SMILES string of the molecule is CCc1ccc(N(CCCC(=O)N(Cc2ccccc2)[C@H](Cc2ccccc2)C(=O)NC)S(C)(=O)=O)cc1. The van der Waals surface area contributed by atoms with Crippen molar-refractivity contribution in [2.45, 2.75) is 45.2 Å². The molecule has 3 aromatic rings. The van der Waals surface area contributed by atoms with Gasteiger partial charge >= 0.3 is 0 Å². The van der Waals surface area contributed by atoms with Gasteiger partial charge in [0.25, 0.3) is 0 Å². The van der Waals surface area contributed by atoms with Crippen LogP contribution in [0, 0.1) is 0 Å². The van der Waals surface area contributed by atoms with Crippen molar-refractivity contribution in [3.63, 3.8) is 0 Å². The largest absolute Gasteiger partial charge is 0.357 e. The summed E-state index contributed by atoms with van der Waals surface area (Å²) in [5.41, 5.74) is 3.56. The van der Waals surface area contributed by atoms with Gasteiger partial charge in [-0.2, -0.15) is 0 Å². The molecule has 0 heterocycles. The highest BCUT2D eigenvalue weighted by Gasteiger charge is 2.30. The number of nitrogens with zero attached hydrogens (tertiary/aromatic N) is 2. The zero-order valence-corrected chi connectivity index (χ0v) is 23.2. The minimum absolute atomic E-state index is 0.105. The molecule has 1 N–H and O–H groups in total. The molecule has 3 aromatic carbocycles. The van der Waals surface area contributed by atoms with E-state index in [2.05, 4.69) is 5.32 Å². The van der Waals surface area contributed by atoms with Crippen molar-refractivity contribution >= 4 is 27.5 Å². The number of nitrogens with one attached hydrogen (secondary N) is 1. The van der Waals surface area contributed by atoms with E-state index in [4.69, 9.17) is 0 Å². The molecule has 0 saturated heterocycles. The number of carbonyl (C=O) groups is 2. The van der Waals surface area contributed by atoms with Crippen molar-refractivity contribution in [1.29, 1.82) is 0 Å². The van der Waals surface area contributed by atoms with E-state index in [0.717, 1.165) is 23.1 Å². The summed E-state index contributed by atoms with van der Waals surface area (Å²) in [5, 5.41) is 2.71. The molecular formula is C30H37N3O4S. The summed E-state index contributed by atoms with van der Waals surface area (Å²) in [7, 11) is -1.97. The fourth-order valence-corrected chi connectivity index (χ4v) is 5.37. The van der Waals surface area contributed by atoms with E-state index in [1.54, 1.807) is 24.1 Å². The van der Waals surface area contributed by atoms with Gasteiger partial charge in [0, 0.05) is 33.0 Å². The molecule has 0 aromatic heterocycles. The Kier molecular flexibility index (Phi) is 10.5. The molecule has 0 unspecified atom stereocenters. The molecule has 0 radical (unpaired) electrons. The van der Waals surface area contributed by atoms with Crippen molar-refractivity contribution in [2.75, 3.05) is 24.2 Å². The van der Waals surface area contributed by atoms with Gasteiger partial charge in [-0.15, -0.1) is 0 Å². The molecule has 1 atom stereocenters. The van der Waals surface area contributed by atoms with Crippen LogP contribution in [0.2, 0.25) is 0 Å². The number of rotatable bonds is 13. The first-order valence-corrected chi connectivity index (χ1v) is 14.7. The van der Waals surface area contributed by atoms with Crippen LogP contribution in [0.25, 0.3) is 0 Å². The van der Waals surface area contributed by atoms with Crippen LogP contribution in [0.15, 0.2) is 84.9 Å². The average Bonchev–Trinajstić information content (AvgIpc) is 2.93. The third-order valence-electron chi connectivity index (χ3n) is 6.50. The second-order valence-electron chi connectivity index (χ2n) is 9.29. The molecule has 0 spiro atoms. The minimum Gasteiger partial charge on any atom is -0.357 e. The number of hydrogen-bond acceptors (Lipinski definition) is 4. The lowest BCUT2D eigenvalue weighted by Gasteiger charge is -2.31. The Hall–Kier alpha value is -3.65. The summed E-state index contributed by atoms with van der Waals surface area (Å²) >= 11 is 0. The summed E-state index contributed by atoms with van der Waals surface area (Å²) in [6.07, 6.45) is 2.83. The Morgan fingerprint density at radius 2 is 1.42 bits per heavy atom. The summed E-state index contributed by atoms with van der Waals surface area (Å²) in [4.78, 5) is 28.3. The topological polar surface area (TPSA) is 86.8 Å². The lowest BCUT2D eigenvalue weighted by Crippen LogP contribution is -2.49. The van der Waals surface area contributed by atoms with E-state index in [0.29, 0.717) is 18.5 Å². The molecule has 0 aliphatic rings. The van der Waals surface area contributed by atoms with Crippen LogP contribution in [-0.2, 0) is 39.0 Å². The monoisotopic (exact) mass is 535 g/mol. The lowest BCUT2D eigenvalue weighted by molar-refractivity contribution is -0.141. The molecule has 3 rings (SSSR count). The first kappa shape index (κ1) is 28.9. The minimum atomic E-state index is -3.53. The van der Waals surface area contributed by atoms with E-state index in [1.807, 2.05) is 79.7 Å². The van der Waals surface area contributed by atoms with Crippen LogP contribution in [-0.4, -0.2) is 51.0 Å². The van der Waals surface area contributed by atoms with E-state index >= 15 is 0 Å². The van der Waals surface area contributed by atoms with Crippen LogP contribution in [0.4, 0.5) is 5.69 Å². The fourth-order valence-electron chi connectivity index (χ4n) is 4.40. The van der Waals surface area contributed by atoms with Gasteiger partial charge in [-0.3, -0.25) is 13.9 Å². The third-order valence-corrected chi connectivity index (χ3v) is 7.69. The Morgan fingerprint density at radius 3 is 1.95 bits per heavy atom. The highest BCUT2D eigenvalue weighted by molar-refractivity contribution is 7.92. The van der Waals surface area contributed by atoms with E-state index < -0.39 is 16.1 Å². The molecular weight excluding hydrogens is 498 g/mol. The number of amides is 2. The highest BCUT2D eigenvalue weighted by Crippen LogP contribution is 2.21. The summed E-state index contributed by atoms with van der Waals surface area (Å²) < 4.78 is 26.4. The van der Waals surface area contributed by atoms with E-state index in [9.17, 15) is 18.0 Å². The maximum Gasteiger partial charge on any atom is 0.242 e. The number of benzene rings is 3. The van der Waals surface area contributed by atoms with Crippen molar-refractivity contribution in [3.05, 3.63) is 102 Å². The van der Waals surface area contributed by atoms with Crippen molar-refractivity contribution in [3.8, 4) is 0 Å². The van der Waals surface area contributed by atoms with Crippen molar-refractivity contribution in [1.82, 2.24) is 10.2 Å². The maximum atomic E-state index is 13.6. The molecule has 0 aliphatic heterocycles. The van der Waals surface area contributed by atoms with Gasteiger partial charge in [0.2, 0.25) is 21.8 Å². The zero-order chi connectivity index (χ0) is 27.5. The molecule has 0 fully saturated rings. The normalized spacial score (nSPS) is 12.0. The fraction of sp³-hybridized carbons (Fsp3) is 0.333. The Morgan fingerprint density at radius 1 is 0.842 bits per heavy atom. The smallest absolute Gasteiger partial charge is 0.242 e. The quantitative estimate of drug-likeness (QED) is 0.356. The van der Waals surface area contributed by atoms with Crippen molar-refractivity contribution in [2.24, 2.45) is 0 Å². The zero-order valence-electron chi connectivity index (χ0n) is 22.3. The van der Waals surface area contributed by atoms with Crippen LogP contribution in [0.1, 0.15) is 36.5 Å². The second-order valence-corrected chi connectivity index (χ2v) is 11.2.